The molecule has 0 amide bonds. The van der Waals surface area contributed by atoms with Crippen LogP contribution in [-0.4, -0.2) is 36.6 Å². The second-order valence-electron chi connectivity index (χ2n) is 10.2. The van der Waals surface area contributed by atoms with Crippen molar-refractivity contribution in [3.8, 4) is 0 Å². The minimum Gasteiger partial charge on any atom is -0.481 e. The van der Waals surface area contributed by atoms with Gasteiger partial charge >= 0.3 is 5.97 Å². The number of nitrogens with zero attached hydrogens (tertiary/aromatic N) is 1. The fourth-order valence-electron chi connectivity index (χ4n) is 4.50. The lowest BCUT2D eigenvalue weighted by Gasteiger charge is -2.21. The number of hydrogen-bond donors (Lipinski definition) is 1. The molecule has 0 radical (unpaired) electrons. The van der Waals surface area contributed by atoms with Gasteiger partial charge in [0.2, 0.25) is 0 Å². The molecule has 0 aliphatic heterocycles. The zero-order valence-electron chi connectivity index (χ0n) is 22.5. The Morgan fingerprint density at radius 3 is 1.70 bits per heavy atom. The molecule has 0 saturated heterocycles. The molecule has 1 unspecified atom stereocenters. The normalized spacial score (nSPS) is 13.0. The summed E-state index contributed by atoms with van der Waals surface area (Å²) < 4.78 is 0. The number of carbonyl (C=O) groups is 1. The van der Waals surface area contributed by atoms with Crippen molar-refractivity contribution in [3.63, 3.8) is 0 Å². The van der Waals surface area contributed by atoms with Crippen molar-refractivity contribution in [2.24, 2.45) is 5.92 Å². The Balaban J connectivity index is 3.57. The zero-order valence-corrected chi connectivity index (χ0v) is 22.5. The highest BCUT2D eigenvalue weighted by Gasteiger charge is 2.10. The van der Waals surface area contributed by atoms with E-state index in [1.807, 2.05) is 0 Å². The van der Waals surface area contributed by atoms with Crippen molar-refractivity contribution >= 4 is 5.97 Å². The molecule has 3 heteroatoms. The quantitative estimate of drug-likeness (QED) is 0.108. The number of unbranched alkanes of at least 4 members (excludes halogenated alkanes) is 13. The molecule has 0 aliphatic carbocycles. The summed E-state index contributed by atoms with van der Waals surface area (Å²) in [7, 11) is 4.36. The molecule has 0 aliphatic rings. The average Bonchev–Trinajstić information content (AvgIpc) is 2.77. The topological polar surface area (TPSA) is 40.5 Å². The Labute approximate surface area is 207 Å². The first-order valence-electron chi connectivity index (χ1n) is 14.2. The van der Waals surface area contributed by atoms with Crippen LogP contribution in [0.15, 0.2) is 24.3 Å². The molecule has 1 N–H and O–H groups in total. The van der Waals surface area contributed by atoms with Crippen molar-refractivity contribution in [1.29, 1.82) is 0 Å². The first kappa shape index (κ1) is 31.9. The highest BCUT2D eigenvalue weighted by Crippen LogP contribution is 2.20. The third-order valence-corrected chi connectivity index (χ3v) is 6.44. The van der Waals surface area contributed by atoms with Gasteiger partial charge in [-0.25, -0.2) is 0 Å². The fourth-order valence-corrected chi connectivity index (χ4v) is 4.50. The van der Waals surface area contributed by atoms with Gasteiger partial charge in [-0.15, -0.1) is 0 Å². The lowest BCUT2D eigenvalue weighted by Crippen LogP contribution is -2.21. The molecule has 0 aromatic carbocycles. The summed E-state index contributed by atoms with van der Waals surface area (Å²) >= 11 is 0. The van der Waals surface area contributed by atoms with E-state index in [2.05, 4.69) is 50.2 Å². The van der Waals surface area contributed by atoms with Crippen LogP contribution in [0.4, 0.5) is 0 Å². The Morgan fingerprint density at radius 2 is 1.18 bits per heavy atom. The maximum Gasteiger partial charge on any atom is 0.303 e. The molecule has 1 atom stereocenters. The summed E-state index contributed by atoms with van der Waals surface area (Å²) in [6, 6.07) is 0. The van der Waals surface area contributed by atoms with Crippen molar-refractivity contribution < 1.29 is 9.90 Å². The molecule has 0 bridgehead atoms. The van der Waals surface area contributed by atoms with Crippen molar-refractivity contribution in [1.82, 2.24) is 4.90 Å². The number of aliphatic carboxylic acids is 1. The van der Waals surface area contributed by atoms with Crippen LogP contribution in [0.5, 0.6) is 0 Å². The van der Waals surface area contributed by atoms with Crippen LogP contribution in [0.25, 0.3) is 0 Å². The van der Waals surface area contributed by atoms with Crippen LogP contribution >= 0.6 is 0 Å². The van der Waals surface area contributed by atoms with Crippen LogP contribution in [0.1, 0.15) is 135 Å². The van der Waals surface area contributed by atoms with E-state index in [1.165, 1.54) is 109 Å². The molecule has 0 saturated carbocycles. The van der Waals surface area contributed by atoms with Gasteiger partial charge < -0.3 is 10.0 Å². The van der Waals surface area contributed by atoms with Crippen LogP contribution in [0.3, 0.4) is 0 Å². The monoisotopic (exact) mass is 463 g/mol. The van der Waals surface area contributed by atoms with Crippen LogP contribution in [0, 0.1) is 5.92 Å². The van der Waals surface area contributed by atoms with E-state index in [-0.39, 0.29) is 0 Å². The largest absolute Gasteiger partial charge is 0.481 e. The molecule has 0 rings (SSSR count). The number of allylic oxidation sites excluding steroid dienone is 4. The van der Waals surface area contributed by atoms with E-state index in [0.29, 0.717) is 6.42 Å². The van der Waals surface area contributed by atoms with Crippen LogP contribution in [0.2, 0.25) is 0 Å². The zero-order chi connectivity index (χ0) is 24.4. The number of rotatable bonds is 25. The SMILES string of the molecule is CCCCCC=CCC=CCCCCCCCCCC(CCCCCCC(=O)O)CN(C)C. The van der Waals surface area contributed by atoms with Gasteiger partial charge in [0, 0.05) is 13.0 Å². The van der Waals surface area contributed by atoms with E-state index in [0.717, 1.165) is 25.2 Å². The summed E-state index contributed by atoms with van der Waals surface area (Å²) in [5.74, 6) is 0.145. The maximum absolute atomic E-state index is 10.6. The van der Waals surface area contributed by atoms with Crippen LogP contribution < -0.4 is 0 Å². The fraction of sp³-hybridized carbons (Fsp3) is 0.833. The molecule has 0 aromatic heterocycles. The van der Waals surface area contributed by atoms with Gasteiger partial charge in [0.1, 0.15) is 0 Å². The summed E-state index contributed by atoms with van der Waals surface area (Å²) in [5.41, 5.74) is 0. The van der Waals surface area contributed by atoms with Gasteiger partial charge in [0.15, 0.2) is 0 Å². The van der Waals surface area contributed by atoms with Gasteiger partial charge in [0.05, 0.1) is 0 Å². The predicted molar refractivity (Wildman–Crippen MR) is 146 cm³/mol. The minimum absolute atomic E-state index is 0.328. The van der Waals surface area contributed by atoms with Gasteiger partial charge in [0.25, 0.3) is 0 Å². The first-order valence-corrected chi connectivity index (χ1v) is 14.2. The van der Waals surface area contributed by atoms with E-state index in [1.54, 1.807) is 0 Å². The predicted octanol–water partition coefficient (Wildman–Crippen LogP) is 9.18. The van der Waals surface area contributed by atoms with E-state index < -0.39 is 5.97 Å². The van der Waals surface area contributed by atoms with Gasteiger partial charge in [-0.05, 0) is 71.4 Å². The second-order valence-corrected chi connectivity index (χ2v) is 10.2. The highest BCUT2D eigenvalue weighted by molar-refractivity contribution is 5.66. The Bertz CT molecular complexity index is 470. The summed E-state index contributed by atoms with van der Waals surface area (Å²) in [4.78, 5) is 12.9. The third-order valence-electron chi connectivity index (χ3n) is 6.44. The summed E-state index contributed by atoms with van der Waals surface area (Å²) in [5, 5.41) is 8.72. The number of carboxylic acids is 1. The third kappa shape index (κ3) is 27.0. The van der Waals surface area contributed by atoms with E-state index in [4.69, 9.17) is 5.11 Å². The van der Waals surface area contributed by atoms with E-state index in [9.17, 15) is 4.79 Å². The Hall–Kier alpha value is -1.09. The molecule has 0 spiro atoms. The van der Waals surface area contributed by atoms with Crippen LogP contribution in [-0.2, 0) is 4.79 Å². The van der Waals surface area contributed by atoms with Gasteiger partial charge in [-0.2, -0.15) is 0 Å². The molecule has 0 heterocycles. The van der Waals surface area contributed by atoms with Gasteiger partial charge in [-0.1, -0.05) is 102 Å². The maximum atomic E-state index is 10.6. The molecule has 33 heavy (non-hydrogen) atoms. The lowest BCUT2D eigenvalue weighted by molar-refractivity contribution is -0.137. The Kier molecular flexibility index (Phi) is 24.7. The molecule has 0 fully saturated rings. The van der Waals surface area contributed by atoms with Crippen molar-refractivity contribution in [2.45, 2.75) is 135 Å². The molecular formula is C30H57NO2. The summed E-state index contributed by atoms with van der Waals surface area (Å²) in [6.07, 6.45) is 33.9. The van der Waals surface area contributed by atoms with Gasteiger partial charge in [-0.3, -0.25) is 4.79 Å². The highest BCUT2D eigenvalue weighted by atomic mass is 16.4. The molecular weight excluding hydrogens is 406 g/mol. The van der Waals surface area contributed by atoms with Crippen molar-refractivity contribution in [2.75, 3.05) is 20.6 Å². The lowest BCUT2D eigenvalue weighted by atomic mass is 9.93. The first-order chi connectivity index (χ1) is 16.1. The smallest absolute Gasteiger partial charge is 0.303 e. The van der Waals surface area contributed by atoms with Crippen molar-refractivity contribution in [3.05, 3.63) is 24.3 Å². The number of carboxylic acid groups (broad SMARTS) is 1. The molecule has 3 nitrogen and oxygen atoms in total. The molecule has 194 valence electrons. The standard InChI is InChI=1S/C30H57NO2/c1-4-5-6-7-8-9-10-11-12-13-14-15-16-17-18-19-22-25-29(28-31(2)3)26-23-20-21-24-27-30(32)33/h8-9,11-12,29H,4-7,10,13-28H2,1-3H3,(H,32,33). The number of hydrogen-bond acceptors (Lipinski definition) is 2. The summed E-state index contributed by atoms with van der Waals surface area (Å²) in [6.45, 7) is 3.45. The average molecular weight is 464 g/mol. The second kappa shape index (κ2) is 25.5. The Morgan fingerprint density at radius 1 is 0.697 bits per heavy atom. The molecule has 0 aromatic rings. The minimum atomic E-state index is -0.659. The van der Waals surface area contributed by atoms with E-state index >= 15 is 0 Å².